The number of nitrogens with zero attached hydrogens (tertiary/aromatic N) is 2. The van der Waals surface area contributed by atoms with Gasteiger partial charge in [-0.2, -0.15) is 0 Å². The lowest BCUT2D eigenvalue weighted by Crippen LogP contribution is -2.20. The van der Waals surface area contributed by atoms with Crippen LogP contribution in [0.15, 0.2) is 36.7 Å². The quantitative estimate of drug-likeness (QED) is 0.887. The van der Waals surface area contributed by atoms with Crippen molar-refractivity contribution in [1.29, 1.82) is 0 Å². The minimum atomic E-state index is -1.29. The number of aromatic nitrogens is 2. The fourth-order valence-corrected chi connectivity index (χ4v) is 1.79. The average molecular weight is 271 g/mol. The van der Waals surface area contributed by atoms with Gasteiger partial charge in [0.15, 0.2) is 11.4 Å². The Kier molecular flexibility index (Phi) is 4.05. The van der Waals surface area contributed by atoms with Crippen molar-refractivity contribution in [3.8, 4) is 0 Å². The van der Waals surface area contributed by atoms with Crippen molar-refractivity contribution in [2.24, 2.45) is 0 Å². The number of amides is 1. The molecule has 0 saturated carbocycles. The number of para-hydroxylation sites is 1. The number of carbonyl (C=O) groups excluding carboxylic acids is 1. The Morgan fingerprint density at radius 1 is 1.15 bits per heavy atom. The lowest BCUT2D eigenvalue weighted by molar-refractivity contribution is 0.0685. The van der Waals surface area contributed by atoms with E-state index in [0.717, 1.165) is 12.0 Å². The summed E-state index contributed by atoms with van der Waals surface area (Å²) in [6.45, 7) is 1.97. The summed E-state index contributed by atoms with van der Waals surface area (Å²) in [5.41, 5.74) is 1.04. The van der Waals surface area contributed by atoms with Crippen LogP contribution in [0.3, 0.4) is 0 Å². The van der Waals surface area contributed by atoms with Gasteiger partial charge in [0, 0.05) is 18.1 Å². The third kappa shape index (κ3) is 2.80. The molecular weight excluding hydrogens is 258 g/mol. The van der Waals surface area contributed by atoms with Crippen LogP contribution in [0.2, 0.25) is 0 Å². The molecule has 2 N–H and O–H groups in total. The van der Waals surface area contributed by atoms with Crippen LogP contribution in [0, 0.1) is 0 Å². The van der Waals surface area contributed by atoms with E-state index < -0.39 is 11.9 Å². The largest absolute Gasteiger partial charge is 0.476 e. The number of aryl methyl sites for hydroxylation is 1. The van der Waals surface area contributed by atoms with Crippen molar-refractivity contribution in [3.05, 3.63) is 53.6 Å². The third-order valence-electron chi connectivity index (χ3n) is 2.76. The molecule has 0 bridgehead atoms. The van der Waals surface area contributed by atoms with Gasteiger partial charge in [0.05, 0.1) is 0 Å². The Balaban J connectivity index is 2.31. The lowest BCUT2D eigenvalue weighted by atomic mass is 10.1. The third-order valence-corrected chi connectivity index (χ3v) is 2.76. The Hall–Kier alpha value is -2.76. The number of carboxylic acid groups (broad SMARTS) is 1. The summed E-state index contributed by atoms with van der Waals surface area (Å²) in [7, 11) is 0. The zero-order chi connectivity index (χ0) is 14.5. The van der Waals surface area contributed by atoms with Crippen LogP contribution >= 0.6 is 0 Å². The molecule has 1 aromatic carbocycles. The van der Waals surface area contributed by atoms with Gasteiger partial charge in [-0.1, -0.05) is 25.1 Å². The summed E-state index contributed by atoms with van der Waals surface area (Å²) in [6, 6.07) is 7.32. The highest BCUT2D eigenvalue weighted by molar-refractivity contribution is 6.08. The summed E-state index contributed by atoms with van der Waals surface area (Å²) in [5, 5.41) is 11.7. The fourth-order valence-electron chi connectivity index (χ4n) is 1.79. The number of rotatable bonds is 4. The van der Waals surface area contributed by atoms with E-state index in [1.54, 1.807) is 12.1 Å². The van der Waals surface area contributed by atoms with Gasteiger partial charge in [-0.3, -0.25) is 4.79 Å². The van der Waals surface area contributed by atoms with Crippen molar-refractivity contribution >= 4 is 17.6 Å². The first kappa shape index (κ1) is 13.7. The van der Waals surface area contributed by atoms with E-state index in [4.69, 9.17) is 5.11 Å². The molecule has 6 nitrogen and oxygen atoms in total. The second-order valence-electron chi connectivity index (χ2n) is 4.02. The van der Waals surface area contributed by atoms with Gasteiger partial charge in [0.1, 0.15) is 0 Å². The molecule has 0 spiro atoms. The number of hydrogen-bond donors (Lipinski definition) is 2. The van der Waals surface area contributed by atoms with Crippen LogP contribution in [0.5, 0.6) is 0 Å². The van der Waals surface area contributed by atoms with Gasteiger partial charge in [-0.25, -0.2) is 14.8 Å². The standard InChI is InChI=1S/C14H13N3O3/c1-2-9-5-3-4-6-10(9)17-13(18)11-12(14(19)20)16-8-7-15-11/h3-8H,2H2,1H3,(H,17,18)(H,19,20). The number of carboxylic acids is 1. The maximum atomic E-state index is 12.1. The summed E-state index contributed by atoms with van der Waals surface area (Å²) in [6.07, 6.45) is 3.27. The van der Waals surface area contributed by atoms with Crippen LogP contribution < -0.4 is 5.32 Å². The first-order valence-corrected chi connectivity index (χ1v) is 6.07. The van der Waals surface area contributed by atoms with Gasteiger partial charge in [-0.05, 0) is 18.1 Å². The Morgan fingerprint density at radius 2 is 1.80 bits per heavy atom. The smallest absolute Gasteiger partial charge is 0.356 e. The minimum Gasteiger partial charge on any atom is -0.476 e. The highest BCUT2D eigenvalue weighted by Gasteiger charge is 2.19. The molecular formula is C14H13N3O3. The molecule has 0 radical (unpaired) electrons. The van der Waals surface area contributed by atoms with Crippen LogP contribution in [-0.2, 0) is 6.42 Å². The summed E-state index contributed by atoms with van der Waals surface area (Å²) in [5.74, 6) is -1.87. The fraction of sp³-hybridized carbons (Fsp3) is 0.143. The SMILES string of the molecule is CCc1ccccc1NC(=O)c1nccnc1C(=O)O. The van der Waals surface area contributed by atoms with E-state index in [9.17, 15) is 9.59 Å². The van der Waals surface area contributed by atoms with Gasteiger partial charge in [0.2, 0.25) is 0 Å². The highest BCUT2D eigenvalue weighted by Crippen LogP contribution is 2.16. The van der Waals surface area contributed by atoms with Crippen LogP contribution in [0.4, 0.5) is 5.69 Å². The summed E-state index contributed by atoms with van der Waals surface area (Å²) < 4.78 is 0. The van der Waals surface area contributed by atoms with E-state index in [1.807, 2.05) is 19.1 Å². The minimum absolute atomic E-state index is 0.203. The number of hydrogen-bond acceptors (Lipinski definition) is 4. The predicted molar refractivity (Wildman–Crippen MR) is 72.8 cm³/mol. The first-order chi connectivity index (χ1) is 9.63. The number of aromatic carboxylic acids is 1. The zero-order valence-electron chi connectivity index (χ0n) is 10.8. The van der Waals surface area contributed by atoms with Gasteiger partial charge in [-0.15, -0.1) is 0 Å². The van der Waals surface area contributed by atoms with Crippen molar-refractivity contribution in [1.82, 2.24) is 9.97 Å². The lowest BCUT2D eigenvalue weighted by Gasteiger charge is -2.09. The molecule has 6 heteroatoms. The van der Waals surface area contributed by atoms with Gasteiger partial charge in [0.25, 0.3) is 5.91 Å². The molecule has 0 aliphatic heterocycles. The van der Waals surface area contributed by atoms with Crippen LogP contribution in [0.25, 0.3) is 0 Å². The van der Waals surface area contributed by atoms with E-state index in [0.29, 0.717) is 5.69 Å². The summed E-state index contributed by atoms with van der Waals surface area (Å²) >= 11 is 0. The van der Waals surface area contributed by atoms with Crippen LogP contribution in [0.1, 0.15) is 33.5 Å². The highest BCUT2D eigenvalue weighted by atomic mass is 16.4. The number of carbonyl (C=O) groups is 2. The van der Waals surface area contributed by atoms with Crippen LogP contribution in [-0.4, -0.2) is 27.0 Å². The zero-order valence-corrected chi connectivity index (χ0v) is 10.8. The normalized spacial score (nSPS) is 10.1. The number of benzene rings is 1. The van der Waals surface area contributed by atoms with Crippen molar-refractivity contribution < 1.29 is 14.7 Å². The van der Waals surface area contributed by atoms with E-state index in [1.165, 1.54) is 12.4 Å². The molecule has 2 rings (SSSR count). The Bertz CT molecular complexity index is 656. The van der Waals surface area contributed by atoms with Crippen molar-refractivity contribution in [2.75, 3.05) is 5.32 Å². The molecule has 0 unspecified atom stereocenters. The maximum Gasteiger partial charge on any atom is 0.356 e. The molecule has 1 amide bonds. The second-order valence-corrected chi connectivity index (χ2v) is 4.02. The molecule has 0 fully saturated rings. The average Bonchev–Trinajstić information content (AvgIpc) is 2.47. The molecule has 2 aromatic rings. The molecule has 20 heavy (non-hydrogen) atoms. The molecule has 0 saturated heterocycles. The van der Waals surface area contributed by atoms with E-state index in [2.05, 4.69) is 15.3 Å². The molecule has 0 aliphatic carbocycles. The monoisotopic (exact) mass is 271 g/mol. The van der Waals surface area contributed by atoms with E-state index in [-0.39, 0.29) is 11.4 Å². The Labute approximate surface area is 115 Å². The second kappa shape index (κ2) is 5.92. The molecule has 1 aromatic heterocycles. The molecule has 0 aliphatic rings. The van der Waals surface area contributed by atoms with Crippen molar-refractivity contribution in [3.63, 3.8) is 0 Å². The van der Waals surface area contributed by atoms with Crippen molar-refractivity contribution in [2.45, 2.75) is 13.3 Å². The van der Waals surface area contributed by atoms with E-state index >= 15 is 0 Å². The molecule has 0 atom stereocenters. The predicted octanol–water partition coefficient (Wildman–Crippen LogP) is 1.99. The number of anilines is 1. The molecule has 1 heterocycles. The topological polar surface area (TPSA) is 92.2 Å². The van der Waals surface area contributed by atoms with Gasteiger partial charge < -0.3 is 10.4 Å². The number of nitrogens with one attached hydrogen (secondary N) is 1. The molecule has 102 valence electrons. The first-order valence-electron chi connectivity index (χ1n) is 6.07. The van der Waals surface area contributed by atoms with Gasteiger partial charge >= 0.3 is 5.97 Å². The maximum absolute atomic E-state index is 12.1. The summed E-state index contributed by atoms with van der Waals surface area (Å²) in [4.78, 5) is 30.6. The Morgan fingerprint density at radius 3 is 2.45 bits per heavy atom.